The molecule has 1 aliphatic carbocycles. The van der Waals surface area contributed by atoms with Crippen LogP contribution in [0.1, 0.15) is 30.3 Å². The quantitative estimate of drug-likeness (QED) is 0.928. The fourth-order valence-corrected chi connectivity index (χ4v) is 3.30. The van der Waals surface area contributed by atoms with E-state index in [-0.39, 0.29) is 23.5 Å². The summed E-state index contributed by atoms with van der Waals surface area (Å²) in [5.74, 6) is 0.166. The summed E-state index contributed by atoms with van der Waals surface area (Å²) in [5, 5.41) is 3.73. The second-order valence-electron chi connectivity index (χ2n) is 6.79. The van der Waals surface area contributed by atoms with Crippen LogP contribution in [0.25, 0.3) is 11.0 Å². The molecule has 1 aromatic heterocycles. The smallest absolute Gasteiger partial charge is 0.291 e. The summed E-state index contributed by atoms with van der Waals surface area (Å²) >= 11 is 0. The predicted octanol–water partition coefficient (Wildman–Crippen LogP) is 2.56. The van der Waals surface area contributed by atoms with Gasteiger partial charge in [0.1, 0.15) is 11.3 Å². The van der Waals surface area contributed by atoms with Gasteiger partial charge < -0.3 is 19.5 Å². The van der Waals surface area contributed by atoms with Crippen LogP contribution in [0.15, 0.2) is 28.7 Å². The van der Waals surface area contributed by atoms with E-state index in [2.05, 4.69) is 17.1 Å². The lowest BCUT2D eigenvalue weighted by Gasteiger charge is -2.33. The number of para-hydroxylation sites is 1. The summed E-state index contributed by atoms with van der Waals surface area (Å²) in [6.07, 6.45) is 1.84. The van der Waals surface area contributed by atoms with Gasteiger partial charge in [-0.2, -0.15) is 0 Å². The molecule has 0 bridgehead atoms. The highest BCUT2D eigenvalue weighted by Crippen LogP contribution is 2.35. The number of fused-ring (bicyclic) bond motifs is 1. The molecule has 1 saturated carbocycles. The zero-order chi connectivity index (χ0) is 17.4. The molecule has 1 N–H and O–H groups in total. The molecule has 6 heteroatoms. The van der Waals surface area contributed by atoms with E-state index in [9.17, 15) is 9.59 Å². The molecule has 2 aromatic rings. The number of nitrogens with one attached hydrogen (secondary N) is 1. The zero-order valence-electron chi connectivity index (χ0n) is 14.5. The van der Waals surface area contributed by atoms with E-state index in [4.69, 9.17) is 4.42 Å². The van der Waals surface area contributed by atoms with Crippen LogP contribution >= 0.6 is 0 Å². The summed E-state index contributed by atoms with van der Waals surface area (Å²) in [5.41, 5.74) is 1.15. The monoisotopic (exact) mass is 341 g/mol. The molecule has 0 atom stereocenters. The van der Waals surface area contributed by atoms with Gasteiger partial charge in [0.25, 0.3) is 5.91 Å². The van der Waals surface area contributed by atoms with Gasteiger partial charge in [-0.15, -0.1) is 0 Å². The molecule has 2 aliphatic rings. The number of rotatable bonds is 4. The Morgan fingerprint density at radius 3 is 2.56 bits per heavy atom. The third kappa shape index (κ3) is 3.14. The van der Waals surface area contributed by atoms with Crippen molar-refractivity contribution in [3.05, 3.63) is 30.0 Å². The molecule has 2 heterocycles. The van der Waals surface area contributed by atoms with Crippen molar-refractivity contribution < 1.29 is 14.0 Å². The molecule has 1 aromatic carbocycles. The largest absolute Gasteiger partial charge is 0.449 e. The maximum atomic E-state index is 13.0. The average Bonchev–Trinajstić information content (AvgIpc) is 3.44. The molecular formula is C19H23N3O3. The van der Waals surface area contributed by atoms with Gasteiger partial charge in [-0.1, -0.05) is 19.1 Å². The second-order valence-corrected chi connectivity index (χ2v) is 6.79. The number of amides is 2. The molecular weight excluding hydrogens is 318 g/mol. The number of benzene rings is 1. The van der Waals surface area contributed by atoms with Gasteiger partial charge in [-0.05, 0) is 31.5 Å². The SMILES string of the molecule is CCN1CCN(C(=O)c2oc3ccccc3c2NC(=O)C2CC2)CC1. The summed E-state index contributed by atoms with van der Waals surface area (Å²) in [4.78, 5) is 29.4. The summed E-state index contributed by atoms with van der Waals surface area (Å²) in [6, 6.07) is 7.46. The number of hydrogen-bond acceptors (Lipinski definition) is 4. The van der Waals surface area contributed by atoms with Crippen molar-refractivity contribution in [2.45, 2.75) is 19.8 Å². The minimum Gasteiger partial charge on any atom is -0.449 e. The van der Waals surface area contributed by atoms with Gasteiger partial charge in [0.15, 0.2) is 0 Å². The third-order valence-corrected chi connectivity index (χ3v) is 5.09. The number of carbonyl (C=O) groups is 2. The van der Waals surface area contributed by atoms with E-state index < -0.39 is 0 Å². The Balaban J connectivity index is 1.63. The van der Waals surface area contributed by atoms with Gasteiger partial charge in [0.05, 0.1) is 0 Å². The molecule has 2 amide bonds. The number of carbonyl (C=O) groups excluding carboxylic acids is 2. The van der Waals surface area contributed by atoms with Gasteiger partial charge in [-0.3, -0.25) is 9.59 Å². The second kappa shape index (κ2) is 6.52. The highest BCUT2D eigenvalue weighted by molar-refractivity contribution is 6.11. The van der Waals surface area contributed by atoms with E-state index in [1.165, 1.54) is 0 Å². The normalized spacial score (nSPS) is 18.5. The number of anilines is 1. The van der Waals surface area contributed by atoms with Gasteiger partial charge in [0, 0.05) is 37.5 Å². The Bertz CT molecular complexity index is 801. The first-order chi connectivity index (χ1) is 12.2. The van der Waals surface area contributed by atoms with Crippen molar-refractivity contribution >= 4 is 28.5 Å². The Labute approximate surface area is 146 Å². The third-order valence-electron chi connectivity index (χ3n) is 5.09. The van der Waals surface area contributed by atoms with Crippen LogP contribution in [-0.4, -0.2) is 54.3 Å². The standard InChI is InChI=1S/C19H23N3O3/c1-2-21-9-11-22(12-10-21)19(24)17-16(20-18(23)13-7-8-13)14-5-3-4-6-15(14)25-17/h3-6,13H,2,7-12H2,1H3,(H,20,23). The highest BCUT2D eigenvalue weighted by Gasteiger charge is 2.33. The molecule has 0 unspecified atom stereocenters. The van der Waals surface area contributed by atoms with Crippen LogP contribution in [0.4, 0.5) is 5.69 Å². The van der Waals surface area contributed by atoms with Crippen molar-refractivity contribution in [1.82, 2.24) is 9.80 Å². The molecule has 25 heavy (non-hydrogen) atoms. The van der Waals surface area contributed by atoms with Crippen LogP contribution in [0.3, 0.4) is 0 Å². The van der Waals surface area contributed by atoms with Gasteiger partial charge in [-0.25, -0.2) is 0 Å². The Kier molecular flexibility index (Phi) is 4.21. The van der Waals surface area contributed by atoms with E-state index in [1.54, 1.807) is 0 Å². The fourth-order valence-electron chi connectivity index (χ4n) is 3.30. The minimum absolute atomic E-state index is 0.0172. The maximum Gasteiger partial charge on any atom is 0.291 e. The fraction of sp³-hybridized carbons (Fsp3) is 0.474. The summed E-state index contributed by atoms with van der Waals surface area (Å²) in [6.45, 7) is 6.22. The first kappa shape index (κ1) is 16.1. The predicted molar refractivity (Wildman–Crippen MR) is 95.6 cm³/mol. The molecule has 1 aliphatic heterocycles. The topological polar surface area (TPSA) is 65.8 Å². The van der Waals surface area contributed by atoms with Crippen molar-refractivity contribution in [2.24, 2.45) is 5.92 Å². The van der Waals surface area contributed by atoms with E-state index in [0.717, 1.165) is 37.9 Å². The van der Waals surface area contributed by atoms with Crippen LogP contribution in [0, 0.1) is 5.92 Å². The lowest BCUT2D eigenvalue weighted by Crippen LogP contribution is -2.48. The van der Waals surface area contributed by atoms with Crippen molar-refractivity contribution in [2.75, 3.05) is 38.0 Å². The number of furan rings is 1. The summed E-state index contributed by atoms with van der Waals surface area (Å²) < 4.78 is 5.85. The summed E-state index contributed by atoms with van der Waals surface area (Å²) in [7, 11) is 0. The lowest BCUT2D eigenvalue weighted by atomic mass is 10.2. The molecule has 0 radical (unpaired) electrons. The van der Waals surface area contributed by atoms with E-state index >= 15 is 0 Å². The lowest BCUT2D eigenvalue weighted by molar-refractivity contribution is -0.117. The first-order valence-corrected chi connectivity index (χ1v) is 9.01. The minimum atomic E-state index is -0.141. The number of likely N-dealkylation sites (N-methyl/N-ethyl adjacent to an activating group) is 1. The van der Waals surface area contributed by atoms with Gasteiger partial charge in [0.2, 0.25) is 11.7 Å². The van der Waals surface area contributed by atoms with Crippen molar-refractivity contribution in [3.8, 4) is 0 Å². The van der Waals surface area contributed by atoms with Crippen LogP contribution < -0.4 is 5.32 Å². The maximum absolute atomic E-state index is 13.0. The average molecular weight is 341 g/mol. The highest BCUT2D eigenvalue weighted by atomic mass is 16.3. The Hall–Kier alpha value is -2.34. The molecule has 4 rings (SSSR count). The van der Waals surface area contributed by atoms with Crippen LogP contribution in [0.2, 0.25) is 0 Å². The Morgan fingerprint density at radius 1 is 1.16 bits per heavy atom. The molecule has 132 valence electrons. The number of nitrogens with zero attached hydrogens (tertiary/aromatic N) is 2. The van der Waals surface area contributed by atoms with Crippen molar-refractivity contribution in [1.29, 1.82) is 0 Å². The molecule has 2 fully saturated rings. The van der Waals surface area contributed by atoms with Crippen LogP contribution in [0.5, 0.6) is 0 Å². The van der Waals surface area contributed by atoms with Crippen LogP contribution in [-0.2, 0) is 4.79 Å². The van der Waals surface area contributed by atoms with E-state index in [0.29, 0.717) is 24.4 Å². The molecule has 1 saturated heterocycles. The van der Waals surface area contributed by atoms with Gasteiger partial charge >= 0.3 is 0 Å². The van der Waals surface area contributed by atoms with Crippen molar-refractivity contribution in [3.63, 3.8) is 0 Å². The number of piperazine rings is 1. The number of hydrogen-bond donors (Lipinski definition) is 1. The Morgan fingerprint density at radius 2 is 1.88 bits per heavy atom. The zero-order valence-corrected chi connectivity index (χ0v) is 14.5. The molecule has 6 nitrogen and oxygen atoms in total. The van der Waals surface area contributed by atoms with E-state index in [1.807, 2.05) is 29.2 Å². The first-order valence-electron chi connectivity index (χ1n) is 9.01. The molecule has 0 spiro atoms.